The Balaban J connectivity index is 1.62. The lowest BCUT2D eigenvalue weighted by Crippen LogP contribution is -2.39. The fourth-order valence-electron chi connectivity index (χ4n) is 2.78. The second kappa shape index (κ2) is 6.41. The Bertz CT molecular complexity index is 699. The Morgan fingerprint density at radius 3 is 2.82 bits per heavy atom. The molecule has 0 radical (unpaired) electrons. The molecule has 0 bridgehead atoms. The summed E-state index contributed by atoms with van der Waals surface area (Å²) >= 11 is 6.00. The van der Waals surface area contributed by atoms with E-state index >= 15 is 0 Å². The molecule has 2 aromatic rings. The van der Waals surface area contributed by atoms with Crippen LogP contribution in [-0.4, -0.2) is 23.9 Å². The van der Waals surface area contributed by atoms with Crippen LogP contribution in [0.25, 0.3) is 0 Å². The molecule has 1 N–H and O–H groups in total. The molecule has 0 atom stereocenters. The fourth-order valence-corrected chi connectivity index (χ4v) is 2.95. The van der Waals surface area contributed by atoms with Gasteiger partial charge in [-0.2, -0.15) is 0 Å². The Kier molecular flexibility index (Phi) is 4.34. The van der Waals surface area contributed by atoms with E-state index in [4.69, 9.17) is 11.6 Å². The number of benzene rings is 2. The standard InChI is InChI=1S/C18H19ClN2O/c1-13-6-7-16(19)10-17(13)20-11-18(22)21-9-8-14-4-2-3-5-15(14)12-21/h2-7,10,20H,8-9,11-12H2,1H3. The SMILES string of the molecule is Cc1ccc(Cl)cc1NCC(=O)N1CCc2ccccc2C1. The van der Waals surface area contributed by atoms with Crippen molar-refractivity contribution < 1.29 is 4.79 Å². The number of fused-ring (bicyclic) bond motifs is 1. The molecule has 0 aliphatic carbocycles. The molecule has 114 valence electrons. The first kappa shape index (κ1) is 14.9. The van der Waals surface area contributed by atoms with Gasteiger partial charge < -0.3 is 10.2 Å². The lowest BCUT2D eigenvalue weighted by Gasteiger charge is -2.29. The number of carbonyl (C=O) groups excluding carboxylic acids is 1. The topological polar surface area (TPSA) is 32.3 Å². The molecule has 3 rings (SSSR count). The van der Waals surface area contributed by atoms with Crippen molar-refractivity contribution in [1.82, 2.24) is 4.90 Å². The van der Waals surface area contributed by atoms with Gasteiger partial charge in [0.2, 0.25) is 5.91 Å². The summed E-state index contributed by atoms with van der Waals surface area (Å²) in [6.07, 6.45) is 0.929. The molecule has 22 heavy (non-hydrogen) atoms. The number of halogens is 1. The van der Waals surface area contributed by atoms with Gasteiger partial charge in [0.05, 0.1) is 6.54 Å². The molecular formula is C18H19ClN2O. The number of nitrogens with one attached hydrogen (secondary N) is 1. The first-order valence-corrected chi connectivity index (χ1v) is 7.86. The van der Waals surface area contributed by atoms with Crippen molar-refractivity contribution in [1.29, 1.82) is 0 Å². The number of rotatable bonds is 3. The van der Waals surface area contributed by atoms with E-state index in [1.807, 2.05) is 36.1 Å². The first-order valence-electron chi connectivity index (χ1n) is 7.48. The van der Waals surface area contributed by atoms with Gasteiger partial charge in [0.15, 0.2) is 0 Å². The minimum Gasteiger partial charge on any atom is -0.376 e. The molecule has 0 saturated heterocycles. The van der Waals surface area contributed by atoms with E-state index in [-0.39, 0.29) is 5.91 Å². The number of hydrogen-bond acceptors (Lipinski definition) is 2. The van der Waals surface area contributed by atoms with Crippen LogP contribution in [0, 0.1) is 6.92 Å². The van der Waals surface area contributed by atoms with Crippen molar-refractivity contribution >= 4 is 23.2 Å². The van der Waals surface area contributed by atoms with Crippen LogP contribution in [0.15, 0.2) is 42.5 Å². The quantitative estimate of drug-likeness (QED) is 0.938. The van der Waals surface area contributed by atoms with Gasteiger partial charge in [-0.15, -0.1) is 0 Å². The van der Waals surface area contributed by atoms with E-state index in [9.17, 15) is 4.79 Å². The highest BCUT2D eigenvalue weighted by atomic mass is 35.5. The number of hydrogen-bond donors (Lipinski definition) is 1. The minimum atomic E-state index is 0.119. The van der Waals surface area contributed by atoms with E-state index in [0.29, 0.717) is 18.1 Å². The third-order valence-electron chi connectivity index (χ3n) is 4.11. The zero-order valence-electron chi connectivity index (χ0n) is 12.6. The highest BCUT2D eigenvalue weighted by Gasteiger charge is 2.20. The van der Waals surface area contributed by atoms with Crippen molar-refractivity contribution in [2.45, 2.75) is 19.9 Å². The lowest BCUT2D eigenvalue weighted by atomic mass is 10.00. The smallest absolute Gasteiger partial charge is 0.242 e. The molecule has 0 aromatic heterocycles. The maximum atomic E-state index is 12.4. The van der Waals surface area contributed by atoms with Gasteiger partial charge in [-0.25, -0.2) is 0 Å². The van der Waals surface area contributed by atoms with Crippen molar-refractivity contribution in [2.75, 3.05) is 18.4 Å². The van der Waals surface area contributed by atoms with Gasteiger partial charge in [-0.05, 0) is 42.2 Å². The molecule has 3 nitrogen and oxygen atoms in total. The van der Waals surface area contributed by atoms with Crippen LogP contribution in [0.5, 0.6) is 0 Å². The Labute approximate surface area is 135 Å². The average molecular weight is 315 g/mol. The maximum Gasteiger partial charge on any atom is 0.242 e. The van der Waals surface area contributed by atoms with Gasteiger partial charge in [0, 0.05) is 23.8 Å². The van der Waals surface area contributed by atoms with Gasteiger partial charge >= 0.3 is 0 Å². The molecule has 4 heteroatoms. The number of aryl methyl sites for hydroxylation is 1. The summed E-state index contributed by atoms with van der Waals surface area (Å²) < 4.78 is 0. The summed E-state index contributed by atoms with van der Waals surface area (Å²) in [6, 6.07) is 14.0. The molecule has 0 saturated carbocycles. The van der Waals surface area contributed by atoms with Crippen LogP contribution in [0.4, 0.5) is 5.69 Å². The van der Waals surface area contributed by atoms with Crippen LogP contribution in [0.2, 0.25) is 5.02 Å². The van der Waals surface area contributed by atoms with E-state index in [1.165, 1.54) is 11.1 Å². The first-order chi connectivity index (χ1) is 10.6. The molecule has 0 spiro atoms. The van der Waals surface area contributed by atoms with Crippen molar-refractivity contribution in [3.8, 4) is 0 Å². The van der Waals surface area contributed by atoms with Gasteiger partial charge in [-0.1, -0.05) is 41.9 Å². The summed E-state index contributed by atoms with van der Waals surface area (Å²) in [5.74, 6) is 0.119. The van der Waals surface area contributed by atoms with Gasteiger partial charge in [0.25, 0.3) is 0 Å². The second-order valence-corrected chi connectivity index (χ2v) is 6.08. The largest absolute Gasteiger partial charge is 0.376 e. The zero-order valence-corrected chi connectivity index (χ0v) is 13.4. The molecule has 1 heterocycles. The highest BCUT2D eigenvalue weighted by molar-refractivity contribution is 6.30. The molecule has 0 fully saturated rings. The average Bonchev–Trinajstić information content (AvgIpc) is 2.55. The maximum absolute atomic E-state index is 12.4. The molecule has 1 aliphatic rings. The minimum absolute atomic E-state index is 0.119. The normalized spacial score (nSPS) is 13.6. The lowest BCUT2D eigenvalue weighted by molar-refractivity contribution is -0.130. The van der Waals surface area contributed by atoms with Gasteiger partial charge in [-0.3, -0.25) is 4.79 Å². The van der Waals surface area contributed by atoms with Crippen molar-refractivity contribution in [2.24, 2.45) is 0 Å². The van der Waals surface area contributed by atoms with Crippen LogP contribution >= 0.6 is 11.6 Å². The van der Waals surface area contributed by atoms with Gasteiger partial charge in [0.1, 0.15) is 0 Å². The summed E-state index contributed by atoms with van der Waals surface area (Å²) in [4.78, 5) is 14.3. The summed E-state index contributed by atoms with van der Waals surface area (Å²) in [5, 5.41) is 3.87. The molecule has 1 amide bonds. The van der Waals surface area contributed by atoms with Crippen LogP contribution in [0.3, 0.4) is 0 Å². The fraction of sp³-hybridized carbons (Fsp3) is 0.278. The number of amides is 1. The zero-order chi connectivity index (χ0) is 15.5. The van der Waals surface area contributed by atoms with Crippen molar-refractivity contribution in [3.63, 3.8) is 0 Å². The molecule has 0 unspecified atom stereocenters. The second-order valence-electron chi connectivity index (χ2n) is 5.65. The molecule has 1 aliphatic heterocycles. The summed E-state index contributed by atoms with van der Waals surface area (Å²) in [7, 11) is 0. The molecular weight excluding hydrogens is 296 g/mol. The third kappa shape index (κ3) is 3.25. The van der Waals surface area contributed by atoms with Crippen LogP contribution in [-0.2, 0) is 17.8 Å². The van der Waals surface area contributed by atoms with E-state index < -0.39 is 0 Å². The van der Waals surface area contributed by atoms with E-state index in [2.05, 4.69) is 23.5 Å². The summed E-state index contributed by atoms with van der Waals surface area (Å²) in [6.45, 7) is 3.78. The predicted molar refractivity (Wildman–Crippen MR) is 90.2 cm³/mol. The third-order valence-corrected chi connectivity index (χ3v) is 4.35. The number of nitrogens with zero attached hydrogens (tertiary/aromatic N) is 1. The predicted octanol–water partition coefficient (Wildman–Crippen LogP) is 3.65. The molecule has 2 aromatic carbocycles. The van der Waals surface area contributed by atoms with Crippen molar-refractivity contribution in [3.05, 3.63) is 64.2 Å². The number of carbonyl (C=O) groups is 1. The van der Waals surface area contributed by atoms with Crippen LogP contribution in [0.1, 0.15) is 16.7 Å². The Morgan fingerprint density at radius 2 is 2.00 bits per heavy atom. The van der Waals surface area contributed by atoms with E-state index in [1.54, 1.807) is 0 Å². The number of anilines is 1. The van der Waals surface area contributed by atoms with Crippen LogP contribution < -0.4 is 5.32 Å². The highest BCUT2D eigenvalue weighted by Crippen LogP contribution is 2.21. The Morgan fingerprint density at radius 1 is 1.23 bits per heavy atom. The Hall–Kier alpha value is -2.00. The monoisotopic (exact) mass is 314 g/mol. The summed E-state index contributed by atoms with van der Waals surface area (Å²) in [5.41, 5.74) is 4.60. The van der Waals surface area contributed by atoms with E-state index in [0.717, 1.165) is 24.2 Å².